The number of nitrogens with zero attached hydrogens (tertiary/aromatic N) is 5. The van der Waals surface area contributed by atoms with Crippen LogP contribution in [0.15, 0.2) is 41.1 Å². The number of sulfone groups is 1. The van der Waals surface area contributed by atoms with Gasteiger partial charge in [-0.05, 0) is 31.0 Å². The van der Waals surface area contributed by atoms with Crippen molar-refractivity contribution in [3.63, 3.8) is 0 Å². The monoisotopic (exact) mass is 459 g/mol. The molecule has 0 radical (unpaired) electrons. The predicted octanol–water partition coefficient (Wildman–Crippen LogP) is 2.17. The van der Waals surface area contributed by atoms with Crippen LogP contribution in [0.2, 0.25) is 0 Å². The first-order valence-electron chi connectivity index (χ1n) is 10.2. The van der Waals surface area contributed by atoms with Crippen LogP contribution in [0.4, 0.5) is 5.82 Å². The quantitative estimate of drug-likeness (QED) is 0.355. The molecule has 0 aromatic carbocycles. The van der Waals surface area contributed by atoms with Crippen molar-refractivity contribution >= 4 is 32.3 Å². The minimum Gasteiger partial charge on any atom is -0.477 e. The van der Waals surface area contributed by atoms with Gasteiger partial charge in [-0.15, -0.1) is 5.10 Å². The molecular formula is C21H25N5O5S. The molecule has 10 nitrogen and oxygen atoms in total. The Morgan fingerprint density at radius 2 is 2.06 bits per heavy atom. The average Bonchev–Trinajstić information content (AvgIpc) is 3.37. The van der Waals surface area contributed by atoms with Gasteiger partial charge in [0.05, 0.1) is 23.9 Å². The molecule has 0 aliphatic heterocycles. The van der Waals surface area contributed by atoms with Gasteiger partial charge in [0.2, 0.25) is 5.88 Å². The number of pyridine rings is 1. The normalized spacial score (nSPS) is 12.0. The fraction of sp³-hybridized carbons (Fsp3) is 0.381. The summed E-state index contributed by atoms with van der Waals surface area (Å²) in [7, 11) is -1.10. The van der Waals surface area contributed by atoms with Crippen molar-refractivity contribution < 1.29 is 22.7 Å². The van der Waals surface area contributed by atoms with E-state index in [1.54, 1.807) is 35.1 Å². The SMILES string of the molecule is CN(CCCO)c1nccc2oc(-c3cnc4ccc(OCCCS(C)(=O)=O)nn34)cc12. The summed E-state index contributed by atoms with van der Waals surface area (Å²) in [5.74, 6) is 1.78. The Morgan fingerprint density at radius 1 is 1.22 bits per heavy atom. The molecule has 4 aromatic rings. The number of rotatable bonds is 10. The number of imidazole rings is 1. The molecular weight excluding hydrogens is 434 g/mol. The van der Waals surface area contributed by atoms with E-state index in [0.29, 0.717) is 48.0 Å². The van der Waals surface area contributed by atoms with E-state index < -0.39 is 9.84 Å². The lowest BCUT2D eigenvalue weighted by Crippen LogP contribution is -2.20. The van der Waals surface area contributed by atoms with Crippen LogP contribution >= 0.6 is 0 Å². The molecule has 0 amide bonds. The molecule has 11 heteroatoms. The zero-order valence-corrected chi connectivity index (χ0v) is 18.7. The van der Waals surface area contributed by atoms with Crippen molar-refractivity contribution in [3.8, 4) is 17.3 Å². The number of aliphatic hydroxyl groups is 1. The van der Waals surface area contributed by atoms with E-state index in [0.717, 1.165) is 11.2 Å². The first kappa shape index (κ1) is 22.0. The largest absolute Gasteiger partial charge is 0.477 e. The summed E-state index contributed by atoms with van der Waals surface area (Å²) in [5.41, 5.74) is 1.97. The number of anilines is 1. The van der Waals surface area contributed by atoms with Crippen molar-refractivity contribution in [3.05, 3.63) is 36.7 Å². The van der Waals surface area contributed by atoms with E-state index in [4.69, 9.17) is 14.3 Å². The summed E-state index contributed by atoms with van der Waals surface area (Å²) in [6.45, 7) is 1.03. The molecule has 32 heavy (non-hydrogen) atoms. The van der Waals surface area contributed by atoms with Crippen LogP contribution in [0.3, 0.4) is 0 Å². The lowest BCUT2D eigenvalue weighted by Gasteiger charge is -2.17. The van der Waals surface area contributed by atoms with Gasteiger partial charge in [-0.3, -0.25) is 0 Å². The van der Waals surface area contributed by atoms with Gasteiger partial charge in [-0.2, -0.15) is 0 Å². The Kier molecular flexibility index (Phi) is 6.28. The van der Waals surface area contributed by atoms with Gasteiger partial charge in [0.15, 0.2) is 11.4 Å². The number of ether oxygens (including phenoxy) is 1. The summed E-state index contributed by atoms with van der Waals surface area (Å²) in [4.78, 5) is 10.8. The van der Waals surface area contributed by atoms with Crippen molar-refractivity contribution in [1.29, 1.82) is 0 Å². The summed E-state index contributed by atoms with van der Waals surface area (Å²) < 4.78 is 35.9. The molecule has 0 unspecified atom stereocenters. The van der Waals surface area contributed by atoms with Gasteiger partial charge in [0, 0.05) is 38.7 Å². The Labute approximate surface area is 185 Å². The van der Waals surface area contributed by atoms with Gasteiger partial charge in [0.1, 0.15) is 26.9 Å². The van der Waals surface area contributed by atoms with Gasteiger partial charge < -0.3 is 19.2 Å². The van der Waals surface area contributed by atoms with Gasteiger partial charge in [-0.1, -0.05) is 0 Å². The molecule has 4 aromatic heterocycles. The highest BCUT2D eigenvalue weighted by Crippen LogP contribution is 2.32. The van der Waals surface area contributed by atoms with Gasteiger partial charge in [0.25, 0.3) is 0 Å². The smallest absolute Gasteiger partial charge is 0.231 e. The van der Waals surface area contributed by atoms with E-state index in [1.165, 1.54) is 6.26 Å². The van der Waals surface area contributed by atoms with E-state index in [-0.39, 0.29) is 19.0 Å². The van der Waals surface area contributed by atoms with E-state index in [9.17, 15) is 8.42 Å². The molecule has 1 N–H and O–H groups in total. The highest BCUT2D eigenvalue weighted by Gasteiger charge is 2.17. The molecule has 4 heterocycles. The lowest BCUT2D eigenvalue weighted by molar-refractivity contribution is 0.290. The molecule has 0 saturated heterocycles. The lowest BCUT2D eigenvalue weighted by atomic mass is 10.2. The van der Waals surface area contributed by atoms with Crippen LogP contribution in [-0.2, 0) is 9.84 Å². The third-order valence-electron chi connectivity index (χ3n) is 4.94. The maximum absolute atomic E-state index is 11.3. The highest BCUT2D eigenvalue weighted by atomic mass is 32.2. The number of aliphatic hydroxyl groups excluding tert-OH is 1. The van der Waals surface area contributed by atoms with Crippen LogP contribution in [0.1, 0.15) is 12.8 Å². The van der Waals surface area contributed by atoms with Gasteiger partial charge >= 0.3 is 0 Å². The first-order valence-corrected chi connectivity index (χ1v) is 12.3. The molecule has 0 aliphatic carbocycles. The summed E-state index contributed by atoms with van der Waals surface area (Å²) >= 11 is 0. The number of hydrogen-bond acceptors (Lipinski definition) is 9. The van der Waals surface area contributed by atoms with Gasteiger partial charge in [-0.25, -0.2) is 22.9 Å². The minimum absolute atomic E-state index is 0.0632. The van der Waals surface area contributed by atoms with E-state index >= 15 is 0 Å². The van der Waals surface area contributed by atoms with Crippen molar-refractivity contribution in [2.75, 3.05) is 43.7 Å². The standard InChI is InChI=1S/C21H25N5O5S/c1-25(9-3-10-27)21-15-13-18(31-17(15)7-8-22-21)16-14-23-19-5-6-20(24-26(16)19)30-11-4-12-32(2,28)29/h5-8,13-14,27H,3-4,9-12H2,1-2H3. The average molecular weight is 460 g/mol. The van der Waals surface area contributed by atoms with Crippen molar-refractivity contribution in [2.45, 2.75) is 12.8 Å². The zero-order chi connectivity index (χ0) is 22.7. The molecule has 0 bridgehead atoms. The Bertz CT molecular complexity index is 1330. The Morgan fingerprint density at radius 3 is 2.84 bits per heavy atom. The Hall–Kier alpha value is -3.18. The second-order valence-electron chi connectivity index (χ2n) is 7.57. The number of fused-ring (bicyclic) bond motifs is 2. The first-order chi connectivity index (χ1) is 15.4. The summed E-state index contributed by atoms with van der Waals surface area (Å²) in [6, 6.07) is 7.18. The minimum atomic E-state index is -3.02. The van der Waals surface area contributed by atoms with Crippen LogP contribution in [-0.4, -0.2) is 71.9 Å². The van der Waals surface area contributed by atoms with E-state index in [1.807, 2.05) is 18.0 Å². The van der Waals surface area contributed by atoms with Crippen molar-refractivity contribution in [1.82, 2.24) is 19.6 Å². The molecule has 4 rings (SSSR count). The summed E-state index contributed by atoms with van der Waals surface area (Å²) in [5, 5.41) is 14.4. The third kappa shape index (κ3) is 4.83. The topological polar surface area (TPSA) is 123 Å². The predicted molar refractivity (Wildman–Crippen MR) is 121 cm³/mol. The zero-order valence-electron chi connectivity index (χ0n) is 17.9. The molecule has 0 saturated carbocycles. The maximum Gasteiger partial charge on any atom is 0.231 e. The molecule has 170 valence electrons. The number of hydrogen-bond donors (Lipinski definition) is 1. The fourth-order valence-corrected chi connectivity index (χ4v) is 4.03. The van der Waals surface area contributed by atoms with Crippen LogP contribution in [0.5, 0.6) is 5.88 Å². The van der Waals surface area contributed by atoms with Crippen LogP contribution < -0.4 is 9.64 Å². The molecule has 0 aliphatic rings. The van der Waals surface area contributed by atoms with Crippen molar-refractivity contribution in [2.24, 2.45) is 0 Å². The maximum atomic E-state index is 11.3. The second kappa shape index (κ2) is 9.13. The molecule has 0 atom stereocenters. The fourth-order valence-electron chi connectivity index (χ4n) is 3.39. The Balaban J connectivity index is 1.61. The number of furan rings is 1. The summed E-state index contributed by atoms with van der Waals surface area (Å²) in [6.07, 6.45) is 5.60. The van der Waals surface area contributed by atoms with E-state index in [2.05, 4.69) is 15.1 Å². The third-order valence-corrected chi connectivity index (χ3v) is 5.97. The second-order valence-corrected chi connectivity index (χ2v) is 9.83. The van der Waals surface area contributed by atoms with Crippen LogP contribution in [0.25, 0.3) is 28.1 Å². The molecule has 0 fully saturated rings. The number of aromatic nitrogens is 4. The highest BCUT2D eigenvalue weighted by molar-refractivity contribution is 7.90. The van der Waals surface area contributed by atoms with Crippen LogP contribution in [0, 0.1) is 0 Å². The molecule has 0 spiro atoms.